The van der Waals surface area contributed by atoms with E-state index >= 15 is 0 Å². The molecule has 0 spiro atoms. The summed E-state index contributed by atoms with van der Waals surface area (Å²) in [5.41, 5.74) is 0. The van der Waals surface area contributed by atoms with Crippen LogP contribution in [0.1, 0.15) is 0 Å². The molecule has 0 rings (SSSR count). The van der Waals surface area contributed by atoms with Crippen LogP contribution in [0.3, 0.4) is 0 Å². The van der Waals surface area contributed by atoms with Gasteiger partial charge in [0.05, 0.1) is 0 Å². The van der Waals surface area contributed by atoms with Gasteiger partial charge in [0.15, 0.2) is 6.61 Å². The molecule has 14 heavy (non-hydrogen) atoms. The SMILES string of the molecule is O=C(O)COC(F)(F)C(F)(F)C(F)F. The van der Waals surface area contributed by atoms with Gasteiger partial charge in [-0.25, -0.2) is 13.6 Å². The van der Waals surface area contributed by atoms with Gasteiger partial charge < -0.3 is 9.84 Å². The fourth-order valence-electron chi connectivity index (χ4n) is 0.376. The number of aliphatic carboxylic acids is 1. The van der Waals surface area contributed by atoms with Crippen LogP contribution >= 0.6 is 0 Å². The number of carboxylic acid groups (broad SMARTS) is 1. The van der Waals surface area contributed by atoms with Gasteiger partial charge in [0.25, 0.3) is 0 Å². The monoisotopic (exact) mass is 226 g/mol. The quantitative estimate of drug-likeness (QED) is 0.724. The zero-order valence-electron chi connectivity index (χ0n) is 6.32. The molecule has 0 unspecified atom stereocenters. The van der Waals surface area contributed by atoms with Gasteiger partial charge >= 0.3 is 24.4 Å². The minimum Gasteiger partial charge on any atom is -0.480 e. The van der Waals surface area contributed by atoms with Crippen molar-refractivity contribution in [2.75, 3.05) is 6.61 Å². The van der Waals surface area contributed by atoms with Crippen molar-refractivity contribution in [3.05, 3.63) is 0 Å². The van der Waals surface area contributed by atoms with Crippen molar-refractivity contribution in [3.63, 3.8) is 0 Å². The number of ether oxygens (including phenoxy) is 1. The highest BCUT2D eigenvalue weighted by Gasteiger charge is 2.64. The summed E-state index contributed by atoms with van der Waals surface area (Å²) in [6, 6.07) is 0. The third-order valence-corrected chi connectivity index (χ3v) is 1.04. The molecule has 1 N–H and O–H groups in total. The van der Waals surface area contributed by atoms with E-state index in [0.29, 0.717) is 0 Å². The lowest BCUT2D eigenvalue weighted by Gasteiger charge is -2.24. The Labute approximate surface area is 73.3 Å². The average Bonchev–Trinajstić information content (AvgIpc) is 2.00. The molecule has 0 aliphatic heterocycles. The van der Waals surface area contributed by atoms with Crippen molar-refractivity contribution >= 4 is 5.97 Å². The van der Waals surface area contributed by atoms with Crippen molar-refractivity contribution in [1.29, 1.82) is 0 Å². The molecule has 0 aliphatic carbocycles. The number of carboxylic acids is 1. The summed E-state index contributed by atoms with van der Waals surface area (Å²) >= 11 is 0. The zero-order valence-corrected chi connectivity index (χ0v) is 6.32. The van der Waals surface area contributed by atoms with Gasteiger partial charge in [0.1, 0.15) is 0 Å². The second-order valence-electron chi connectivity index (χ2n) is 2.12. The normalized spacial score (nSPS) is 13.4. The number of hydrogen-bond acceptors (Lipinski definition) is 2. The van der Waals surface area contributed by atoms with E-state index in [4.69, 9.17) is 5.11 Å². The Kier molecular flexibility index (Phi) is 3.74. The number of rotatable bonds is 5. The molecule has 0 aromatic heterocycles. The Hall–Kier alpha value is -0.990. The van der Waals surface area contributed by atoms with Gasteiger partial charge in [-0.15, -0.1) is 0 Å². The van der Waals surface area contributed by atoms with Crippen LogP contribution in [0, 0.1) is 0 Å². The third kappa shape index (κ3) is 2.76. The molecule has 3 nitrogen and oxygen atoms in total. The van der Waals surface area contributed by atoms with Gasteiger partial charge in [-0.2, -0.15) is 17.6 Å². The first-order valence-electron chi connectivity index (χ1n) is 3.01. The first kappa shape index (κ1) is 13.0. The van der Waals surface area contributed by atoms with E-state index in [1.165, 1.54) is 0 Å². The van der Waals surface area contributed by atoms with Gasteiger partial charge in [-0.3, -0.25) is 0 Å². The Morgan fingerprint density at radius 2 is 1.71 bits per heavy atom. The highest BCUT2D eigenvalue weighted by molar-refractivity contribution is 5.68. The summed E-state index contributed by atoms with van der Waals surface area (Å²) in [7, 11) is 0. The summed E-state index contributed by atoms with van der Waals surface area (Å²) in [5.74, 6) is -7.70. The minimum absolute atomic E-state index is 1.80. The van der Waals surface area contributed by atoms with E-state index in [2.05, 4.69) is 4.74 Å². The number of halogens is 6. The van der Waals surface area contributed by atoms with Crippen LogP contribution in [0.2, 0.25) is 0 Å². The van der Waals surface area contributed by atoms with E-state index in [1.54, 1.807) is 0 Å². The third-order valence-electron chi connectivity index (χ3n) is 1.04. The summed E-state index contributed by atoms with van der Waals surface area (Å²) in [4.78, 5) is 9.65. The molecule has 84 valence electrons. The van der Waals surface area contributed by atoms with Crippen LogP contribution in [0.4, 0.5) is 26.3 Å². The van der Waals surface area contributed by atoms with Crippen LogP contribution in [0.15, 0.2) is 0 Å². The molecule has 0 atom stereocenters. The fourth-order valence-corrected chi connectivity index (χ4v) is 0.376. The number of carbonyl (C=O) groups is 1. The Morgan fingerprint density at radius 3 is 2.00 bits per heavy atom. The Balaban J connectivity index is 4.51. The van der Waals surface area contributed by atoms with Crippen LogP contribution in [0.25, 0.3) is 0 Å². The average molecular weight is 226 g/mol. The predicted molar refractivity (Wildman–Crippen MR) is 29.5 cm³/mol. The first-order valence-corrected chi connectivity index (χ1v) is 3.01. The highest BCUT2D eigenvalue weighted by atomic mass is 19.3. The lowest BCUT2D eigenvalue weighted by molar-refractivity contribution is -0.371. The molecule has 0 saturated heterocycles. The lowest BCUT2D eigenvalue weighted by Crippen LogP contribution is -2.48. The lowest BCUT2D eigenvalue weighted by atomic mass is 10.3. The molecule has 0 fully saturated rings. The van der Waals surface area contributed by atoms with Crippen molar-refractivity contribution in [1.82, 2.24) is 0 Å². The standard InChI is InChI=1S/C5H4F6O3/c6-3(7)4(8,9)5(10,11)14-1-2(12)13/h3H,1H2,(H,12,13). The Morgan fingerprint density at radius 1 is 1.29 bits per heavy atom. The predicted octanol–water partition coefficient (Wildman–Crippen LogP) is 1.58. The maximum Gasteiger partial charge on any atom is 0.425 e. The van der Waals surface area contributed by atoms with Crippen molar-refractivity contribution in [2.45, 2.75) is 18.5 Å². The van der Waals surface area contributed by atoms with Gasteiger partial charge in [-0.1, -0.05) is 0 Å². The Bertz CT molecular complexity index is 216. The first-order chi connectivity index (χ1) is 6.11. The maximum atomic E-state index is 12.1. The van der Waals surface area contributed by atoms with Crippen LogP contribution in [-0.2, 0) is 9.53 Å². The smallest absolute Gasteiger partial charge is 0.425 e. The van der Waals surface area contributed by atoms with Gasteiger partial charge in [0.2, 0.25) is 0 Å². The topological polar surface area (TPSA) is 46.5 Å². The van der Waals surface area contributed by atoms with E-state index in [9.17, 15) is 31.1 Å². The summed E-state index contributed by atoms with van der Waals surface area (Å²) < 4.78 is 73.7. The molecule has 9 heteroatoms. The van der Waals surface area contributed by atoms with E-state index in [-0.39, 0.29) is 0 Å². The molecule has 0 bridgehead atoms. The summed E-state index contributed by atoms with van der Waals surface area (Å²) in [6.07, 6.45) is -10.2. The van der Waals surface area contributed by atoms with Gasteiger partial charge in [0, 0.05) is 0 Å². The zero-order chi connectivity index (χ0) is 11.6. The van der Waals surface area contributed by atoms with Crippen LogP contribution in [0.5, 0.6) is 0 Å². The largest absolute Gasteiger partial charge is 0.480 e. The second kappa shape index (κ2) is 4.03. The molecular formula is C5H4F6O3. The molecule has 0 amide bonds. The molecule has 0 heterocycles. The molecule has 0 aromatic carbocycles. The van der Waals surface area contributed by atoms with Crippen molar-refractivity contribution < 1.29 is 41.0 Å². The van der Waals surface area contributed by atoms with E-state index < -0.39 is 31.0 Å². The van der Waals surface area contributed by atoms with Crippen LogP contribution < -0.4 is 0 Å². The highest BCUT2D eigenvalue weighted by Crippen LogP contribution is 2.39. The summed E-state index contributed by atoms with van der Waals surface area (Å²) in [5, 5.41) is 7.79. The molecular weight excluding hydrogens is 222 g/mol. The molecule has 0 radical (unpaired) electrons. The van der Waals surface area contributed by atoms with Crippen molar-refractivity contribution in [3.8, 4) is 0 Å². The van der Waals surface area contributed by atoms with Crippen molar-refractivity contribution in [2.24, 2.45) is 0 Å². The molecule has 0 saturated carbocycles. The number of alkyl halides is 6. The van der Waals surface area contributed by atoms with E-state index in [1.807, 2.05) is 0 Å². The molecule has 0 aliphatic rings. The number of hydrogen-bond donors (Lipinski definition) is 1. The summed E-state index contributed by atoms with van der Waals surface area (Å²) in [6.45, 7) is -1.80. The minimum atomic E-state index is -5.72. The molecule has 0 aromatic rings. The maximum absolute atomic E-state index is 12.1. The van der Waals surface area contributed by atoms with Gasteiger partial charge in [-0.05, 0) is 0 Å². The van der Waals surface area contributed by atoms with Crippen LogP contribution in [-0.4, -0.2) is 36.1 Å². The second-order valence-corrected chi connectivity index (χ2v) is 2.12. The fraction of sp³-hybridized carbons (Fsp3) is 0.800. The van der Waals surface area contributed by atoms with E-state index in [0.717, 1.165) is 0 Å².